The van der Waals surface area contributed by atoms with Gasteiger partial charge in [0, 0.05) is 42.2 Å². The van der Waals surface area contributed by atoms with Crippen LogP contribution in [-0.2, 0) is 11.0 Å². The Kier molecular flexibility index (Phi) is 7.06. The third-order valence-corrected chi connectivity index (χ3v) is 5.26. The molecule has 38 heavy (non-hydrogen) atoms. The number of carboxylic acids is 1. The SMILES string of the molecule is CC(C)(COc1ncc(-c2ccc(NC(=O)c3cn(-c4cnccn4)nc3C(F)(F)F)cc2)cn1)C(=O)O. The minimum Gasteiger partial charge on any atom is -0.481 e. The van der Waals surface area contributed by atoms with Crippen molar-refractivity contribution in [3.8, 4) is 23.0 Å². The first-order valence-electron chi connectivity index (χ1n) is 11.0. The van der Waals surface area contributed by atoms with Gasteiger partial charge < -0.3 is 15.2 Å². The number of aliphatic carboxylic acids is 1. The zero-order valence-electron chi connectivity index (χ0n) is 20.0. The number of nitrogens with one attached hydrogen (secondary N) is 1. The quantitative estimate of drug-likeness (QED) is 0.349. The lowest BCUT2D eigenvalue weighted by molar-refractivity contribution is -0.148. The molecule has 0 unspecified atom stereocenters. The molecular weight excluding hydrogens is 507 g/mol. The summed E-state index contributed by atoms with van der Waals surface area (Å²) in [6, 6.07) is 6.27. The zero-order chi connectivity index (χ0) is 27.5. The monoisotopic (exact) mass is 527 g/mol. The number of alkyl halides is 3. The highest BCUT2D eigenvalue weighted by Crippen LogP contribution is 2.32. The fourth-order valence-corrected chi connectivity index (χ4v) is 3.07. The third kappa shape index (κ3) is 5.91. The van der Waals surface area contributed by atoms with Crippen molar-refractivity contribution < 1.29 is 32.6 Å². The van der Waals surface area contributed by atoms with E-state index in [1.165, 1.54) is 57.0 Å². The summed E-state index contributed by atoms with van der Waals surface area (Å²) in [6.07, 6.45) is 2.87. The van der Waals surface area contributed by atoms with Crippen LogP contribution in [0.3, 0.4) is 0 Å². The van der Waals surface area contributed by atoms with Crippen LogP contribution in [0.15, 0.2) is 61.4 Å². The Morgan fingerprint density at radius 3 is 2.26 bits per heavy atom. The molecule has 0 aliphatic carbocycles. The highest BCUT2D eigenvalue weighted by molar-refractivity contribution is 6.05. The molecule has 14 heteroatoms. The molecule has 4 aromatic rings. The fourth-order valence-electron chi connectivity index (χ4n) is 3.07. The number of carboxylic acid groups (broad SMARTS) is 1. The van der Waals surface area contributed by atoms with E-state index in [1.54, 1.807) is 12.1 Å². The second-order valence-corrected chi connectivity index (χ2v) is 8.66. The van der Waals surface area contributed by atoms with Crippen molar-refractivity contribution in [1.82, 2.24) is 29.7 Å². The molecule has 1 aromatic carbocycles. The predicted octanol–water partition coefficient (Wildman–Crippen LogP) is 3.88. The van der Waals surface area contributed by atoms with E-state index in [0.717, 1.165) is 10.9 Å². The van der Waals surface area contributed by atoms with Crippen LogP contribution in [0.25, 0.3) is 16.9 Å². The molecule has 11 nitrogen and oxygen atoms in total. The highest BCUT2D eigenvalue weighted by atomic mass is 19.4. The van der Waals surface area contributed by atoms with Gasteiger partial charge in [-0.05, 0) is 31.5 Å². The van der Waals surface area contributed by atoms with Crippen LogP contribution in [0.5, 0.6) is 6.01 Å². The lowest BCUT2D eigenvalue weighted by Crippen LogP contribution is -2.31. The summed E-state index contributed by atoms with van der Waals surface area (Å²) < 4.78 is 46.8. The van der Waals surface area contributed by atoms with E-state index in [2.05, 4.69) is 30.4 Å². The van der Waals surface area contributed by atoms with E-state index < -0.39 is 34.7 Å². The number of hydrogen-bond acceptors (Lipinski definition) is 8. The number of anilines is 1. The fraction of sp³-hybridized carbons (Fsp3) is 0.208. The van der Waals surface area contributed by atoms with Crippen molar-refractivity contribution in [3.05, 3.63) is 72.7 Å². The number of amides is 1. The molecule has 0 aliphatic heterocycles. The molecule has 3 heterocycles. The molecule has 3 aromatic heterocycles. The molecule has 0 atom stereocenters. The number of ether oxygens (including phenoxy) is 1. The van der Waals surface area contributed by atoms with Crippen molar-refractivity contribution >= 4 is 17.6 Å². The molecule has 0 bridgehead atoms. The van der Waals surface area contributed by atoms with E-state index in [-0.39, 0.29) is 24.1 Å². The van der Waals surface area contributed by atoms with Crippen molar-refractivity contribution in [2.45, 2.75) is 20.0 Å². The second-order valence-electron chi connectivity index (χ2n) is 8.66. The largest absolute Gasteiger partial charge is 0.481 e. The molecule has 196 valence electrons. The summed E-state index contributed by atoms with van der Waals surface area (Å²) in [7, 11) is 0. The van der Waals surface area contributed by atoms with Gasteiger partial charge in [0.25, 0.3) is 5.91 Å². The zero-order valence-corrected chi connectivity index (χ0v) is 20.0. The van der Waals surface area contributed by atoms with Gasteiger partial charge in [0.1, 0.15) is 6.61 Å². The van der Waals surface area contributed by atoms with Gasteiger partial charge in [-0.3, -0.25) is 14.6 Å². The van der Waals surface area contributed by atoms with Crippen LogP contribution in [0, 0.1) is 5.41 Å². The molecule has 0 saturated carbocycles. The van der Waals surface area contributed by atoms with E-state index in [4.69, 9.17) is 9.84 Å². The Morgan fingerprint density at radius 1 is 1.00 bits per heavy atom. The van der Waals surface area contributed by atoms with E-state index in [9.17, 15) is 22.8 Å². The van der Waals surface area contributed by atoms with Gasteiger partial charge in [-0.15, -0.1) is 0 Å². The van der Waals surface area contributed by atoms with Crippen molar-refractivity contribution in [2.75, 3.05) is 11.9 Å². The minimum atomic E-state index is -4.87. The summed E-state index contributed by atoms with van der Waals surface area (Å²) in [5.41, 5.74) is -1.65. The average Bonchev–Trinajstić information content (AvgIpc) is 3.36. The molecule has 1 amide bonds. The Hall–Kier alpha value is -4.88. The molecular formula is C24H20F3N7O4. The number of hydrogen-bond donors (Lipinski definition) is 2. The van der Waals surface area contributed by atoms with Gasteiger partial charge in [-0.25, -0.2) is 19.6 Å². The standard InChI is InChI=1S/C24H20F3N7O4/c1-23(2,21(36)37)13-38-22-30-9-15(10-31-22)14-3-5-16(6-4-14)32-20(35)17-12-34(18-11-28-7-8-29-18)33-19(17)24(25,26)27/h3-12H,13H2,1-2H3,(H,32,35)(H,36,37). The molecule has 0 radical (unpaired) electrons. The molecule has 0 fully saturated rings. The van der Waals surface area contributed by atoms with Gasteiger partial charge >= 0.3 is 18.2 Å². The smallest absolute Gasteiger partial charge is 0.435 e. The van der Waals surface area contributed by atoms with Crippen molar-refractivity contribution in [1.29, 1.82) is 0 Å². The number of halogens is 3. The van der Waals surface area contributed by atoms with Crippen LogP contribution in [0.4, 0.5) is 18.9 Å². The average molecular weight is 527 g/mol. The number of carbonyl (C=O) groups is 2. The number of carbonyl (C=O) groups excluding carboxylic acids is 1. The Bertz CT molecular complexity index is 1440. The second kappa shape index (κ2) is 10.2. The summed E-state index contributed by atoms with van der Waals surface area (Å²) in [5.74, 6) is -2.00. The van der Waals surface area contributed by atoms with Crippen molar-refractivity contribution in [2.24, 2.45) is 5.41 Å². The van der Waals surface area contributed by atoms with E-state index >= 15 is 0 Å². The Labute approximate surface area is 213 Å². The van der Waals surface area contributed by atoms with Gasteiger partial charge in [0.15, 0.2) is 11.5 Å². The summed E-state index contributed by atoms with van der Waals surface area (Å²) in [4.78, 5) is 39.7. The summed E-state index contributed by atoms with van der Waals surface area (Å²) in [5, 5.41) is 15.1. The van der Waals surface area contributed by atoms with Crippen LogP contribution in [0.2, 0.25) is 0 Å². The molecule has 4 rings (SSSR count). The van der Waals surface area contributed by atoms with Gasteiger partial charge in [0.2, 0.25) is 0 Å². The van der Waals surface area contributed by atoms with E-state index in [1.807, 2.05) is 0 Å². The number of aromatic nitrogens is 6. The molecule has 0 saturated heterocycles. The molecule has 0 spiro atoms. The van der Waals surface area contributed by atoms with E-state index in [0.29, 0.717) is 11.1 Å². The van der Waals surface area contributed by atoms with Gasteiger partial charge in [-0.1, -0.05) is 12.1 Å². The number of benzene rings is 1. The first-order chi connectivity index (χ1) is 17.9. The number of rotatable bonds is 8. The maximum absolute atomic E-state index is 13.5. The summed E-state index contributed by atoms with van der Waals surface area (Å²) in [6.45, 7) is 2.90. The minimum absolute atomic E-state index is 0.00876. The van der Waals surface area contributed by atoms with Crippen LogP contribution >= 0.6 is 0 Å². The molecule has 2 N–H and O–H groups in total. The Morgan fingerprint density at radius 2 is 1.68 bits per heavy atom. The first-order valence-corrected chi connectivity index (χ1v) is 11.0. The lowest BCUT2D eigenvalue weighted by atomic mass is 9.95. The predicted molar refractivity (Wildman–Crippen MR) is 126 cm³/mol. The highest BCUT2D eigenvalue weighted by Gasteiger charge is 2.39. The van der Waals surface area contributed by atoms with Crippen LogP contribution in [-0.4, -0.2) is 53.3 Å². The summed E-state index contributed by atoms with van der Waals surface area (Å²) >= 11 is 0. The van der Waals surface area contributed by atoms with Crippen LogP contribution < -0.4 is 10.1 Å². The maximum atomic E-state index is 13.5. The van der Waals surface area contributed by atoms with Gasteiger partial charge in [-0.2, -0.15) is 18.3 Å². The lowest BCUT2D eigenvalue weighted by Gasteiger charge is -2.18. The molecule has 0 aliphatic rings. The van der Waals surface area contributed by atoms with Gasteiger partial charge in [0.05, 0.1) is 17.2 Å². The van der Waals surface area contributed by atoms with Crippen molar-refractivity contribution in [3.63, 3.8) is 0 Å². The topological polar surface area (TPSA) is 145 Å². The third-order valence-electron chi connectivity index (χ3n) is 5.26. The Balaban J connectivity index is 1.47. The van der Waals surface area contributed by atoms with Crippen LogP contribution in [0.1, 0.15) is 29.9 Å². The maximum Gasteiger partial charge on any atom is 0.435 e. The normalized spacial score (nSPS) is 11.7. The first kappa shape index (κ1) is 26.2. The number of nitrogens with zero attached hydrogens (tertiary/aromatic N) is 6.